The first-order chi connectivity index (χ1) is 21.1. The molecule has 2 aromatic heterocycles. The quantitative estimate of drug-likeness (QED) is 0.118. The van der Waals surface area contributed by atoms with Gasteiger partial charge in [0.05, 0.1) is 48.0 Å². The van der Waals surface area contributed by atoms with Gasteiger partial charge in [0.2, 0.25) is 0 Å². The molecule has 1 atom stereocenters. The van der Waals surface area contributed by atoms with Crippen molar-refractivity contribution < 1.29 is 46.8 Å². The van der Waals surface area contributed by atoms with Gasteiger partial charge in [-0.05, 0) is 48.9 Å². The molecule has 0 radical (unpaired) electrons. The Morgan fingerprint density at radius 3 is 2.42 bits per heavy atom. The standard InChI is InChI=1S/C30H33F3N4O7Si/c1-18-13-23(41-2)25(20-9-10-36(26(18)20)28(39)40)29(30(31,32)33,44-16-24(38)42-3)27-35-21-14-19(15-34)7-8-22(21)37(27)17-43-11-12-45(4,5)6/h7-10,13-14H,11-12,16-17H2,1-6H3,(H,39,40). The van der Waals surface area contributed by atoms with E-state index in [0.717, 1.165) is 23.9 Å². The third-order valence-corrected chi connectivity index (χ3v) is 9.05. The lowest BCUT2D eigenvalue weighted by Crippen LogP contribution is -2.49. The van der Waals surface area contributed by atoms with E-state index in [0.29, 0.717) is 5.56 Å². The van der Waals surface area contributed by atoms with Gasteiger partial charge in [-0.1, -0.05) is 19.6 Å². The van der Waals surface area contributed by atoms with Gasteiger partial charge in [0, 0.05) is 26.3 Å². The summed E-state index contributed by atoms with van der Waals surface area (Å²) in [6.07, 6.45) is -5.65. The normalized spacial score (nSPS) is 13.5. The molecule has 11 nitrogen and oxygen atoms in total. The van der Waals surface area contributed by atoms with Crippen LogP contribution in [0.15, 0.2) is 36.5 Å². The Balaban J connectivity index is 2.16. The minimum Gasteiger partial charge on any atom is -0.496 e. The van der Waals surface area contributed by atoms with Crippen LogP contribution in [0.1, 0.15) is 22.5 Å². The van der Waals surface area contributed by atoms with Crippen LogP contribution in [0.25, 0.3) is 21.9 Å². The van der Waals surface area contributed by atoms with Crippen LogP contribution in [0.3, 0.4) is 0 Å². The smallest absolute Gasteiger partial charge is 0.429 e. The molecule has 1 unspecified atom stereocenters. The molecule has 45 heavy (non-hydrogen) atoms. The summed E-state index contributed by atoms with van der Waals surface area (Å²) in [6.45, 7) is 6.64. The molecule has 240 valence electrons. The number of aromatic nitrogens is 3. The van der Waals surface area contributed by atoms with Crippen molar-refractivity contribution in [1.82, 2.24) is 14.1 Å². The molecule has 0 amide bonds. The largest absolute Gasteiger partial charge is 0.496 e. The lowest BCUT2D eigenvalue weighted by molar-refractivity contribution is -0.270. The van der Waals surface area contributed by atoms with Crippen molar-refractivity contribution in [3.05, 3.63) is 59.0 Å². The van der Waals surface area contributed by atoms with Gasteiger partial charge in [0.25, 0.3) is 5.60 Å². The molecular formula is C30H33F3N4O7Si. The van der Waals surface area contributed by atoms with Crippen molar-refractivity contribution >= 4 is 42.1 Å². The van der Waals surface area contributed by atoms with Gasteiger partial charge in [-0.15, -0.1) is 0 Å². The summed E-state index contributed by atoms with van der Waals surface area (Å²) in [7, 11) is 0.600. The first kappa shape index (κ1) is 33.5. The number of alkyl halides is 3. The monoisotopic (exact) mass is 646 g/mol. The van der Waals surface area contributed by atoms with Crippen LogP contribution in [0.4, 0.5) is 18.0 Å². The fourth-order valence-electron chi connectivity index (χ4n) is 5.15. The number of imidazole rings is 1. The highest BCUT2D eigenvalue weighted by Crippen LogP contribution is 2.53. The van der Waals surface area contributed by atoms with E-state index in [1.807, 2.05) is 6.07 Å². The zero-order valence-corrected chi connectivity index (χ0v) is 26.6. The molecule has 0 saturated heterocycles. The number of nitriles is 1. The van der Waals surface area contributed by atoms with E-state index >= 15 is 13.2 Å². The molecule has 0 bridgehead atoms. The topological polar surface area (TPSA) is 138 Å². The molecular weight excluding hydrogens is 613 g/mol. The third-order valence-electron chi connectivity index (χ3n) is 7.34. The number of carboxylic acid groups (broad SMARTS) is 1. The van der Waals surface area contributed by atoms with Crippen LogP contribution < -0.4 is 4.74 Å². The second-order valence-electron chi connectivity index (χ2n) is 11.6. The number of carbonyl (C=O) groups excluding carboxylic acids is 1. The lowest BCUT2D eigenvalue weighted by atomic mass is 9.86. The number of benzene rings is 2. The van der Waals surface area contributed by atoms with Gasteiger partial charge in [-0.3, -0.25) is 4.57 Å². The fourth-order valence-corrected chi connectivity index (χ4v) is 5.90. The van der Waals surface area contributed by atoms with E-state index in [2.05, 4.69) is 29.4 Å². The molecule has 0 aliphatic carbocycles. The summed E-state index contributed by atoms with van der Waals surface area (Å²) in [5, 5.41) is 19.2. The summed E-state index contributed by atoms with van der Waals surface area (Å²) < 4.78 is 71.7. The molecule has 1 N–H and O–H groups in total. The first-order valence-corrected chi connectivity index (χ1v) is 17.5. The number of nitrogens with zero attached hydrogens (tertiary/aromatic N) is 4. The Kier molecular flexibility index (Phi) is 9.34. The Hall–Kier alpha value is -4.39. The Labute approximate surface area is 257 Å². The van der Waals surface area contributed by atoms with Crippen LogP contribution >= 0.6 is 0 Å². The molecule has 15 heteroatoms. The maximum atomic E-state index is 16.0. The summed E-state index contributed by atoms with van der Waals surface area (Å²) in [5.74, 6) is -2.11. The summed E-state index contributed by atoms with van der Waals surface area (Å²) in [6, 6.07) is 9.39. The summed E-state index contributed by atoms with van der Waals surface area (Å²) in [4.78, 5) is 28.8. The SMILES string of the molecule is COC(=O)COC(c1c(OC)cc(C)c2c1ccn2C(=O)O)(c1nc2cc(C#N)ccc2n1COCC[Si](C)(C)C)C(F)(F)F. The van der Waals surface area contributed by atoms with Crippen molar-refractivity contribution in [2.24, 2.45) is 0 Å². The van der Waals surface area contributed by atoms with Crippen molar-refractivity contribution in [3.63, 3.8) is 0 Å². The van der Waals surface area contributed by atoms with Crippen molar-refractivity contribution in [2.75, 3.05) is 27.4 Å². The Morgan fingerprint density at radius 1 is 1.13 bits per heavy atom. The minimum atomic E-state index is -5.34. The van der Waals surface area contributed by atoms with Crippen LogP contribution in [0, 0.1) is 18.3 Å². The molecule has 2 aromatic carbocycles. The molecule has 0 saturated carbocycles. The fraction of sp³-hybridized carbons (Fsp3) is 0.400. The maximum Gasteiger partial charge on any atom is 0.429 e. The highest BCUT2D eigenvalue weighted by atomic mass is 28.3. The number of fused-ring (bicyclic) bond motifs is 2. The summed E-state index contributed by atoms with van der Waals surface area (Å²) in [5.41, 5.74) is -3.49. The van der Waals surface area contributed by atoms with Gasteiger partial charge in [-0.2, -0.15) is 18.4 Å². The number of ether oxygens (including phenoxy) is 4. The maximum absolute atomic E-state index is 16.0. The highest BCUT2D eigenvalue weighted by Gasteiger charge is 2.64. The predicted molar refractivity (Wildman–Crippen MR) is 160 cm³/mol. The van der Waals surface area contributed by atoms with Gasteiger partial charge in [-0.25, -0.2) is 14.6 Å². The second-order valence-corrected chi connectivity index (χ2v) is 17.2. The predicted octanol–water partition coefficient (Wildman–Crippen LogP) is 6.01. The van der Waals surface area contributed by atoms with Crippen LogP contribution in [0.5, 0.6) is 5.75 Å². The first-order valence-electron chi connectivity index (χ1n) is 13.8. The minimum absolute atomic E-state index is 0.0403. The summed E-state index contributed by atoms with van der Waals surface area (Å²) >= 11 is 0. The van der Waals surface area contributed by atoms with E-state index in [4.69, 9.17) is 14.2 Å². The highest BCUT2D eigenvalue weighted by molar-refractivity contribution is 6.76. The zero-order chi connectivity index (χ0) is 33.3. The number of hydrogen-bond donors (Lipinski definition) is 1. The number of methoxy groups -OCH3 is 2. The van der Waals surface area contributed by atoms with E-state index < -0.39 is 49.9 Å². The number of hydrogen-bond acceptors (Lipinski definition) is 8. The number of rotatable bonds is 11. The molecule has 2 heterocycles. The molecule has 0 aliphatic heterocycles. The van der Waals surface area contributed by atoms with Crippen molar-refractivity contribution in [1.29, 1.82) is 5.26 Å². The number of carbonyl (C=O) groups is 2. The average Bonchev–Trinajstić information content (AvgIpc) is 3.57. The van der Waals surface area contributed by atoms with Crippen molar-refractivity contribution in [2.45, 2.75) is 51.1 Å². The second kappa shape index (κ2) is 12.5. The van der Waals surface area contributed by atoms with E-state index in [-0.39, 0.29) is 46.6 Å². The van der Waals surface area contributed by atoms with E-state index in [1.165, 1.54) is 48.9 Å². The lowest BCUT2D eigenvalue weighted by Gasteiger charge is -2.37. The van der Waals surface area contributed by atoms with Crippen LogP contribution in [-0.4, -0.2) is 73.0 Å². The van der Waals surface area contributed by atoms with E-state index in [1.54, 1.807) is 0 Å². The van der Waals surface area contributed by atoms with Crippen LogP contribution in [0.2, 0.25) is 25.7 Å². The molecule has 4 aromatic rings. The zero-order valence-electron chi connectivity index (χ0n) is 25.6. The van der Waals surface area contributed by atoms with E-state index in [9.17, 15) is 20.0 Å². The van der Waals surface area contributed by atoms with Gasteiger partial charge in [0.15, 0.2) is 5.82 Å². The Bertz CT molecular complexity index is 1800. The van der Waals surface area contributed by atoms with Gasteiger partial charge >= 0.3 is 18.2 Å². The number of esters is 1. The molecule has 4 rings (SSSR count). The Morgan fingerprint density at radius 2 is 1.84 bits per heavy atom. The van der Waals surface area contributed by atoms with Gasteiger partial charge < -0.3 is 28.6 Å². The third kappa shape index (κ3) is 6.26. The molecule has 0 spiro atoms. The van der Waals surface area contributed by atoms with Gasteiger partial charge in [0.1, 0.15) is 19.1 Å². The van der Waals surface area contributed by atoms with Crippen LogP contribution in [-0.2, 0) is 31.3 Å². The van der Waals surface area contributed by atoms with Crippen molar-refractivity contribution in [3.8, 4) is 11.8 Å². The number of halogens is 3. The molecule has 0 aliphatic rings. The number of aryl methyl sites for hydroxylation is 1. The average molecular weight is 647 g/mol. The molecule has 0 fully saturated rings.